The van der Waals surface area contributed by atoms with Gasteiger partial charge < -0.3 is 14.4 Å². The average molecular weight is 304 g/mol. The van der Waals surface area contributed by atoms with E-state index in [9.17, 15) is 14.3 Å². The summed E-state index contributed by atoms with van der Waals surface area (Å²) in [5.74, 6) is -0.492. The van der Waals surface area contributed by atoms with Crippen LogP contribution in [0.1, 0.15) is 41.5 Å². The van der Waals surface area contributed by atoms with Gasteiger partial charge in [0.15, 0.2) is 5.82 Å². The van der Waals surface area contributed by atoms with Crippen LogP contribution in [-0.4, -0.2) is 33.5 Å². The van der Waals surface area contributed by atoms with Gasteiger partial charge in [-0.1, -0.05) is 0 Å². The molecule has 116 valence electrons. The fourth-order valence-corrected chi connectivity index (χ4v) is 2.91. The van der Waals surface area contributed by atoms with Gasteiger partial charge in [0.25, 0.3) is 5.91 Å². The number of pyridine rings is 1. The number of furan rings is 1. The molecule has 1 aliphatic rings. The molecule has 0 radical (unpaired) electrons. The van der Waals surface area contributed by atoms with E-state index < -0.39 is 11.9 Å². The summed E-state index contributed by atoms with van der Waals surface area (Å²) in [6, 6.07) is 4.67. The molecule has 1 aliphatic heterocycles. The van der Waals surface area contributed by atoms with Crippen molar-refractivity contribution in [3.63, 3.8) is 0 Å². The summed E-state index contributed by atoms with van der Waals surface area (Å²) in [5, 5.41) is 10.2. The monoisotopic (exact) mass is 304 g/mol. The summed E-state index contributed by atoms with van der Waals surface area (Å²) in [6.45, 7) is 0.566. The Morgan fingerprint density at radius 3 is 3.14 bits per heavy atom. The molecule has 2 unspecified atom stereocenters. The Balaban J connectivity index is 1.73. The van der Waals surface area contributed by atoms with Crippen molar-refractivity contribution in [2.75, 3.05) is 6.54 Å². The Hall–Kier alpha value is -2.21. The predicted octanol–water partition coefficient (Wildman–Crippen LogP) is 2.54. The summed E-state index contributed by atoms with van der Waals surface area (Å²) >= 11 is 0. The second-order valence-electron chi connectivity index (χ2n) is 5.42. The van der Waals surface area contributed by atoms with Crippen LogP contribution in [-0.2, 0) is 0 Å². The number of carbonyl (C=O) groups is 1. The lowest BCUT2D eigenvalue weighted by molar-refractivity contribution is 0.0637. The molecule has 1 N–H and O–H groups in total. The number of aliphatic hydroxyl groups excluding tert-OH is 1. The standard InChI is InChI=1S/C16H17FN2O3/c17-13-10-18-6-5-12(13)16(21)19-7-1-3-11(19)9-14(20)15-4-2-8-22-15/h2,4-6,8,10-11,14,20H,1,3,7,9H2. The van der Waals surface area contributed by atoms with E-state index in [-0.39, 0.29) is 17.5 Å². The summed E-state index contributed by atoms with van der Waals surface area (Å²) < 4.78 is 18.9. The van der Waals surface area contributed by atoms with Gasteiger partial charge in [-0.2, -0.15) is 0 Å². The molecular weight excluding hydrogens is 287 g/mol. The van der Waals surface area contributed by atoms with E-state index in [2.05, 4.69) is 4.98 Å². The van der Waals surface area contributed by atoms with Crippen molar-refractivity contribution in [3.05, 3.63) is 54.0 Å². The van der Waals surface area contributed by atoms with Crippen LogP contribution < -0.4 is 0 Å². The molecule has 3 heterocycles. The minimum atomic E-state index is -0.768. The topological polar surface area (TPSA) is 66.6 Å². The van der Waals surface area contributed by atoms with Crippen LogP contribution in [0.3, 0.4) is 0 Å². The first kappa shape index (κ1) is 14.7. The van der Waals surface area contributed by atoms with Gasteiger partial charge in [0.05, 0.1) is 18.0 Å². The number of aliphatic hydroxyl groups is 1. The van der Waals surface area contributed by atoms with Gasteiger partial charge >= 0.3 is 0 Å². The number of nitrogens with zero attached hydrogens (tertiary/aromatic N) is 2. The molecule has 1 amide bonds. The number of amides is 1. The first-order chi connectivity index (χ1) is 10.7. The highest BCUT2D eigenvalue weighted by Gasteiger charge is 2.32. The lowest BCUT2D eigenvalue weighted by Crippen LogP contribution is -2.37. The van der Waals surface area contributed by atoms with Gasteiger partial charge in [0, 0.05) is 25.2 Å². The van der Waals surface area contributed by atoms with Crippen LogP contribution >= 0.6 is 0 Å². The summed E-state index contributed by atoms with van der Waals surface area (Å²) in [7, 11) is 0. The van der Waals surface area contributed by atoms with Crippen molar-refractivity contribution >= 4 is 5.91 Å². The molecule has 0 bridgehead atoms. The lowest BCUT2D eigenvalue weighted by Gasteiger charge is -2.26. The van der Waals surface area contributed by atoms with Gasteiger partial charge in [-0.05, 0) is 31.0 Å². The van der Waals surface area contributed by atoms with E-state index in [1.54, 1.807) is 17.0 Å². The van der Waals surface area contributed by atoms with Crippen molar-refractivity contribution in [3.8, 4) is 0 Å². The number of carbonyl (C=O) groups excluding carboxylic acids is 1. The Kier molecular flexibility index (Phi) is 4.20. The van der Waals surface area contributed by atoms with Gasteiger partial charge in [-0.3, -0.25) is 9.78 Å². The fraction of sp³-hybridized carbons (Fsp3) is 0.375. The third-order valence-electron chi connectivity index (χ3n) is 4.01. The maximum atomic E-state index is 13.7. The summed E-state index contributed by atoms with van der Waals surface area (Å²) in [5.41, 5.74) is 0.0226. The zero-order valence-electron chi connectivity index (χ0n) is 12.0. The molecule has 2 aromatic rings. The van der Waals surface area contributed by atoms with Crippen LogP contribution in [0.5, 0.6) is 0 Å². The highest BCUT2D eigenvalue weighted by atomic mass is 19.1. The number of hydrogen-bond acceptors (Lipinski definition) is 4. The second kappa shape index (κ2) is 6.27. The Morgan fingerprint density at radius 2 is 2.41 bits per heavy atom. The second-order valence-corrected chi connectivity index (χ2v) is 5.42. The highest BCUT2D eigenvalue weighted by molar-refractivity contribution is 5.94. The third-order valence-corrected chi connectivity index (χ3v) is 4.01. The Morgan fingerprint density at radius 1 is 1.55 bits per heavy atom. The normalized spacial score (nSPS) is 19.4. The van der Waals surface area contributed by atoms with Crippen molar-refractivity contribution in [2.45, 2.75) is 31.4 Å². The van der Waals surface area contributed by atoms with Crippen LogP contribution in [0.25, 0.3) is 0 Å². The minimum absolute atomic E-state index is 0.0226. The first-order valence-electron chi connectivity index (χ1n) is 7.29. The molecule has 1 saturated heterocycles. The largest absolute Gasteiger partial charge is 0.467 e. The number of rotatable bonds is 4. The van der Waals surface area contributed by atoms with Crippen LogP contribution in [0.15, 0.2) is 41.3 Å². The minimum Gasteiger partial charge on any atom is -0.467 e. The quantitative estimate of drug-likeness (QED) is 0.942. The maximum Gasteiger partial charge on any atom is 0.257 e. The van der Waals surface area contributed by atoms with E-state index in [0.717, 1.165) is 19.0 Å². The molecule has 6 heteroatoms. The molecule has 1 fully saturated rings. The zero-order chi connectivity index (χ0) is 15.5. The molecular formula is C16H17FN2O3. The first-order valence-corrected chi connectivity index (χ1v) is 7.29. The number of aromatic nitrogens is 1. The molecule has 2 aromatic heterocycles. The van der Waals surface area contributed by atoms with Gasteiger partial charge in [0.1, 0.15) is 11.9 Å². The molecule has 2 atom stereocenters. The lowest BCUT2D eigenvalue weighted by atomic mass is 10.0. The summed E-state index contributed by atoms with van der Waals surface area (Å²) in [4.78, 5) is 17.8. The third kappa shape index (κ3) is 2.87. The van der Waals surface area contributed by atoms with Gasteiger partial charge in [0.2, 0.25) is 0 Å². The van der Waals surface area contributed by atoms with E-state index in [4.69, 9.17) is 4.42 Å². The average Bonchev–Trinajstić information content (AvgIpc) is 3.18. The van der Waals surface area contributed by atoms with E-state index in [0.29, 0.717) is 18.7 Å². The summed E-state index contributed by atoms with van der Waals surface area (Å²) in [6.07, 6.45) is 5.18. The van der Waals surface area contributed by atoms with E-state index >= 15 is 0 Å². The molecule has 0 aromatic carbocycles. The maximum absolute atomic E-state index is 13.7. The molecule has 0 aliphatic carbocycles. The zero-order valence-corrected chi connectivity index (χ0v) is 12.0. The van der Waals surface area contributed by atoms with Crippen molar-refractivity contribution in [1.29, 1.82) is 0 Å². The SMILES string of the molecule is O=C(c1ccncc1F)N1CCCC1CC(O)c1ccco1. The highest BCUT2D eigenvalue weighted by Crippen LogP contribution is 2.29. The van der Waals surface area contributed by atoms with E-state index in [1.165, 1.54) is 18.5 Å². The van der Waals surface area contributed by atoms with Gasteiger partial charge in [-0.15, -0.1) is 0 Å². The molecule has 0 saturated carbocycles. The fourth-order valence-electron chi connectivity index (χ4n) is 2.91. The smallest absolute Gasteiger partial charge is 0.257 e. The van der Waals surface area contributed by atoms with Gasteiger partial charge in [-0.25, -0.2) is 4.39 Å². The number of hydrogen-bond donors (Lipinski definition) is 1. The van der Waals surface area contributed by atoms with Crippen LogP contribution in [0, 0.1) is 5.82 Å². The van der Waals surface area contributed by atoms with Crippen LogP contribution in [0.2, 0.25) is 0 Å². The Labute approximate surface area is 127 Å². The molecule has 0 spiro atoms. The van der Waals surface area contributed by atoms with Crippen molar-refractivity contribution in [1.82, 2.24) is 9.88 Å². The predicted molar refractivity (Wildman–Crippen MR) is 76.5 cm³/mol. The number of halogens is 1. The van der Waals surface area contributed by atoms with Crippen molar-refractivity contribution < 1.29 is 18.7 Å². The molecule has 22 heavy (non-hydrogen) atoms. The molecule has 5 nitrogen and oxygen atoms in total. The number of likely N-dealkylation sites (tertiary alicyclic amines) is 1. The Bertz CT molecular complexity index is 645. The van der Waals surface area contributed by atoms with Crippen molar-refractivity contribution in [2.24, 2.45) is 0 Å². The van der Waals surface area contributed by atoms with E-state index in [1.807, 2.05) is 0 Å². The van der Waals surface area contributed by atoms with Crippen LogP contribution in [0.4, 0.5) is 4.39 Å². The molecule has 3 rings (SSSR count).